The Morgan fingerprint density at radius 1 is 0.774 bits per heavy atom. The molecular formula is C25H17F2N3S. The number of hydrogen-bond acceptors (Lipinski definition) is 3. The van der Waals surface area contributed by atoms with Gasteiger partial charge < -0.3 is 0 Å². The van der Waals surface area contributed by atoms with Crippen molar-refractivity contribution in [3.05, 3.63) is 108 Å². The topological polar surface area (TPSA) is 30.7 Å². The zero-order chi connectivity index (χ0) is 21.2. The standard InChI is InChI=1S/C25H17F2N3S/c26-20-13-14-23(22(27)15-20)30-24(18-8-2-1-3-9-18)28-29-25(30)31-16-19-11-6-10-17-7-4-5-12-21(17)19/h1-15H,16H2. The smallest absolute Gasteiger partial charge is 0.196 e. The summed E-state index contributed by atoms with van der Waals surface area (Å²) in [6, 6.07) is 27.4. The van der Waals surface area contributed by atoms with Crippen molar-refractivity contribution in [1.82, 2.24) is 14.8 Å². The van der Waals surface area contributed by atoms with E-state index in [1.807, 2.05) is 48.5 Å². The number of rotatable bonds is 5. The lowest BCUT2D eigenvalue weighted by Gasteiger charge is -2.12. The maximum atomic E-state index is 14.7. The summed E-state index contributed by atoms with van der Waals surface area (Å²) < 4.78 is 29.9. The molecule has 0 aliphatic rings. The summed E-state index contributed by atoms with van der Waals surface area (Å²) in [5.41, 5.74) is 2.17. The van der Waals surface area contributed by atoms with E-state index < -0.39 is 11.6 Å². The van der Waals surface area contributed by atoms with Gasteiger partial charge in [-0.05, 0) is 28.5 Å². The number of halogens is 2. The van der Waals surface area contributed by atoms with E-state index in [1.165, 1.54) is 29.3 Å². The van der Waals surface area contributed by atoms with E-state index in [1.54, 1.807) is 4.57 Å². The Morgan fingerprint density at radius 2 is 1.55 bits per heavy atom. The average molecular weight is 429 g/mol. The van der Waals surface area contributed by atoms with Gasteiger partial charge in [-0.1, -0.05) is 84.6 Å². The van der Waals surface area contributed by atoms with Crippen LogP contribution < -0.4 is 0 Å². The van der Waals surface area contributed by atoms with Crippen molar-refractivity contribution in [1.29, 1.82) is 0 Å². The van der Waals surface area contributed by atoms with Crippen molar-refractivity contribution in [2.45, 2.75) is 10.9 Å². The fraction of sp³-hybridized carbons (Fsp3) is 0.0400. The van der Waals surface area contributed by atoms with E-state index in [2.05, 4.69) is 34.5 Å². The van der Waals surface area contributed by atoms with Crippen LogP contribution in [0.4, 0.5) is 8.78 Å². The number of nitrogens with zero attached hydrogens (tertiary/aromatic N) is 3. The molecule has 0 fully saturated rings. The quantitative estimate of drug-likeness (QED) is 0.293. The van der Waals surface area contributed by atoms with Crippen LogP contribution >= 0.6 is 11.8 Å². The van der Waals surface area contributed by atoms with Gasteiger partial charge in [-0.2, -0.15) is 0 Å². The average Bonchev–Trinajstić information content (AvgIpc) is 3.22. The Labute approximate surface area is 182 Å². The first-order valence-electron chi connectivity index (χ1n) is 9.76. The number of aromatic nitrogens is 3. The number of thioether (sulfide) groups is 1. The van der Waals surface area contributed by atoms with E-state index in [9.17, 15) is 8.78 Å². The summed E-state index contributed by atoms with van der Waals surface area (Å²) in [6.45, 7) is 0. The molecule has 4 aromatic carbocycles. The third kappa shape index (κ3) is 3.82. The molecule has 0 unspecified atom stereocenters. The third-order valence-electron chi connectivity index (χ3n) is 5.05. The van der Waals surface area contributed by atoms with Gasteiger partial charge >= 0.3 is 0 Å². The molecule has 0 bridgehead atoms. The lowest BCUT2D eigenvalue weighted by molar-refractivity contribution is 0.575. The van der Waals surface area contributed by atoms with E-state index >= 15 is 0 Å². The number of hydrogen-bond donors (Lipinski definition) is 0. The third-order valence-corrected chi connectivity index (χ3v) is 6.03. The summed E-state index contributed by atoms with van der Waals surface area (Å²) in [7, 11) is 0. The van der Waals surface area contributed by atoms with Crippen molar-refractivity contribution in [3.63, 3.8) is 0 Å². The van der Waals surface area contributed by atoms with Crippen molar-refractivity contribution < 1.29 is 8.78 Å². The number of fused-ring (bicyclic) bond motifs is 1. The van der Waals surface area contributed by atoms with Crippen LogP contribution in [0, 0.1) is 11.6 Å². The van der Waals surface area contributed by atoms with E-state index in [0.29, 0.717) is 16.7 Å². The summed E-state index contributed by atoms with van der Waals surface area (Å²) in [4.78, 5) is 0. The molecule has 5 rings (SSSR count). The zero-order valence-corrected chi connectivity index (χ0v) is 17.2. The van der Waals surface area contributed by atoms with Gasteiger partial charge in [0.05, 0.1) is 5.69 Å². The van der Waals surface area contributed by atoms with Crippen LogP contribution in [0.5, 0.6) is 0 Å². The van der Waals surface area contributed by atoms with E-state index in [0.717, 1.165) is 22.6 Å². The summed E-state index contributed by atoms with van der Waals surface area (Å²) in [5.74, 6) is -0.145. The monoisotopic (exact) mass is 429 g/mol. The second-order valence-electron chi connectivity index (χ2n) is 7.03. The first-order valence-corrected chi connectivity index (χ1v) is 10.7. The van der Waals surface area contributed by atoms with Crippen molar-refractivity contribution in [3.8, 4) is 17.1 Å². The summed E-state index contributed by atoms with van der Waals surface area (Å²) in [5, 5.41) is 11.5. The molecule has 0 spiro atoms. The molecule has 0 amide bonds. The number of benzene rings is 4. The van der Waals surface area contributed by atoms with Crippen molar-refractivity contribution in [2.24, 2.45) is 0 Å². The molecule has 0 saturated carbocycles. The Balaban J connectivity index is 1.58. The Bertz CT molecular complexity index is 1360. The van der Waals surface area contributed by atoms with Crippen LogP contribution in [0.2, 0.25) is 0 Å². The van der Waals surface area contributed by atoms with Gasteiger partial charge in [-0.25, -0.2) is 8.78 Å². The van der Waals surface area contributed by atoms with Crippen LogP contribution in [0.25, 0.3) is 27.8 Å². The van der Waals surface area contributed by atoms with Gasteiger partial charge in [0.25, 0.3) is 0 Å². The highest BCUT2D eigenvalue weighted by Gasteiger charge is 2.19. The highest BCUT2D eigenvalue weighted by atomic mass is 32.2. The normalized spacial score (nSPS) is 11.2. The molecule has 0 N–H and O–H groups in total. The minimum absolute atomic E-state index is 0.214. The summed E-state index contributed by atoms with van der Waals surface area (Å²) >= 11 is 1.47. The van der Waals surface area contributed by atoms with E-state index in [4.69, 9.17) is 0 Å². The van der Waals surface area contributed by atoms with Crippen molar-refractivity contribution in [2.75, 3.05) is 0 Å². The second-order valence-corrected chi connectivity index (χ2v) is 7.97. The van der Waals surface area contributed by atoms with Gasteiger partial charge in [0, 0.05) is 17.4 Å². The molecule has 6 heteroatoms. The summed E-state index contributed by atoms with van der Waals surface area (Å²) in [6.07, 6.45) is 0. The van der Waals surface area contributed by atoms with Crippen LogP contribution in [0.3, 0.4) is 0 Å². The van der Waals surface area contributed by atoms with Gasteiger partial charge in [-0.15, -0.1) is 10.2 Å². The van der Waals surface area contributed by atoms with Gasteiger partial charge in [0.15, 0.2) is 11.0 Å². The second kappa shape index (κ2) is 8.32. The molecule has 0 saturated heterocycles. The molecule has 31 heavy (non-hydrogen) atoms. The Hall–Kier alpha value is -3.51. The predicted octanol–water partition coefficient (Wildman–Crippen LogP) is 6.66. The van der Waals surface area contributed by atoms with Crippen LogP contribution in [0.15, 0.2) is 96.2 Å². The molecule has 3 nitrogen and oxygen atoms in total. The maximum absolute atomic E-state index is 14.7. The fourth-order valence-electron chi connectivity index (χ4n) is 3.58. The first-order chi connectivity index (χ1) is 15.2. The minimum Gasteiger partial charge on any atom is -0.267 e. The van der Waals surface area contributed by atoms with Crippen LogP contribution in [-0.2, 0) is 5.75 Å². The van der Waals surface area contributed by atoms with Crippen molar-refractivity contribution >= 4 is 22.5 Å². The van der Waals surface area contributed by atoms with E-state index in [-0.39, 0.29) is 5.69 Å². The Kier molecular flexibility index (Phi) is 5.22. The first kappa shape index (κ1) is 19.5. The lowest BCUT2D eigenvalue weighted by Crippen LogP contribution is -2.03. The molecule has 5 aromatic rings. The van der Waals surface area contributed by atoms with Gasteiger partial charge in [0.1, 0.15) is 11.6 Å². The lowest BCUT2D eigenvalue weighted by atomic mass is 10.1. The molecule has 0 aliphatic carbocycles. The molecule has 0 atom stereocenters. The molecule has 1 aromatic heterocycles. The Morgan fingerprint density at radius 3 is 2.39 bits per heavy atom. The maximum Gasteiger partial charge on any atom is 0.196 e. The van der Waals surface area contributed by atoms with Crippen LogP contribution in [0.1, 0.15) is 5.56 Å². The van der Waals surface area contributed by atoms with Crippen LogP contribution in [-0.4, -0.2) is 14.8 Å². The SMILES string of the molecule is Fc1ccc(-n2c(SCc3cccc4ccccc34)nnc2-c2ccccc2)c(F)c1. The fourth-order valence-corrected chi connectivity index (χ4v) is 4.53. The predicted molar refractivity (Wildman–Crippen MR) is 120 cm³/mol. The highest BCUT2D eigenvalue weighted by molar-refractivity contribution is 7.98. The van der Waals surface area contributed by atoms with Gasteiger partial charge in [-0.3, -0.25) is 4.57 Å². The largest absolute Gasteiger partial charge is 0.267 e. The minimum atomic E-state index is -0.663. The molecule has 0 aliphatic heterocycles. The zero-order valence-electron chi connectivity index (χ0n) is 16.4. The molecule has 1 heterocycles. The molecule has 0 radical (unpaired) electrons. The molecule has 152 valence electrons. The molecular weight excluding hydrogens is 412 g/mol. The highest BCUT2D eigenvalue weighted by Crippen LogP contribution is 2.32. The van der Waals surface area contributed by atoms with Gasteiger partial charge in [0.2, 0.25) is 0 Å².